The molecule has 2 fully saturated rings. The minimum atomic E-state index is -2.33. The summed E-state index contributed by atoms with van der Waals surface area (Å²) in [5, 5.41) is 4.54. The molecule has 0 N–H and O–H groups in total. The molecule has 0 radical (unpaired) electrons. The third kappa shape index (κ3) is 3.00. The van der Waals surface area contributed by atoms with E-state index in [9.17, 15) is 0 Å². The van der Waals surface area contributed by atoms with Gasteiger partial charge in [0, 0.05) is 11.9 Å². The monoisotopic (exact) mass is 432 g/mol. The summed E-state index contributed by atoms with van der Waals surface area (Å²) in [5.74, 6) is 0.689. The summed E-state index contributed by atoms with van der Waals surface area (Å²) in [6, 6.07) is 41.0. The van der Waals surface area contributed by atoms with E-state index in [4.69, 9.17) is 4.98 Å². The molecule has 32 heavy (non-hydrogen) atoms. The third-order valence-electron chi connectivity index (χ3n) is 7.65. The summed E-state index contributed by atoms with van der Waals surface area (Å²) in [7, 11) is -2.33. The van der Waals surface area contributed by atoms with E-state index in [1.165, 1.54) is 34.1 Å². The summed E-state index contributed by atoms with van der Waals surface area (Å²) in [6.07, 6.45) is 4.45. The van der Waals surface area contributed by atoms with Gasteiger partial charge in [0.2, 0.25) is 0 Å². The van der Waals surface area contributed by atoms with E-state index in [1.54, 1.807) is 0 Å². The lowest BCUT2D eigenvalue weighted by Crippen LogP contribution is -2.76. The number of benzene rings is 3. The highest BCUT2D eigenvalue weighted by molar-refractivity contribution is 7.12. The van der Waals surface area contributed by atoms with Crippen molar-refractivity contribution in [2.45, 2.75) is 24.5 Å². The molecule has 4 unspecified atom stereocenters. The first-order valence-electron chi connectivity index (χ1n) is 11.7. The average Bonchev–Trinajstić information content (AvgIpc) is 3.46. The maximum absolute atomic E-state index is 4.79. The number of pyridine rings is 1. The van der Waals surface area contributed by atoms with Crippen LogP contribution in [0, 0.1) is 5.92 Å². The van der Waals surface area contributed by atoms with Gasteiger partial charge in [-0.05, 0) is 53.0 Å². The van der Waals surface area contributed by atoms with Crippen LogP contribution in [0.25, 0.3) is 0 Å². The van der Waals surface area contributed by atoms with Crippen molar-refractivity contribution in [3.05, 3.63) is 121 Å². The fourth-order valence-electron chi connectivity index (χ4n) is 6.48. The summed E-state index contributed by atoms with van der Waals surface area (Å²) < 4.78 is 0. The van der Waals surface area contributed by atoms with Gasteiger partial charge in [-0.15, -0.1) is 0 Å². The standard InChI is InChI=1S/C29H28N2Si/c1-4-12-24(13-5-1)32(25-14-6-2-7-15-25,26-16-8-3-9-17-26)29-23-19-21-31(29)28(22-23)27-18-10-11-20-30-27/h1-18,20,23,28-29H,19,21-22H2. The first-order valence-corrected chi connectivity index (χ1v) is 13.8. The maximum atomic E-state index is 4.79. The summed E-state index contributed by atoms with van der Waals surface area (Å²) in [6.45, 7) is 1.16. The van der Waals surface area contributed by atoms with Crippen LogP contribution in [0.3, 0.4) is 0 Å². The van der Waals surface area contributed by atoms with E-state index in [2.05, 4.69) is 108 Å². The molecule has 0 amide bonds. The zero-order valence-corrected chi connectivity index (χ0v) is 19.2. The number of fused-ring (bicyclic) bond motifs is 2. The van der Waals surface area contributed by atoms with Crippen molar-refractivity contribution in [2.75, 3.05) is 6.54 Å². The highest BCUT2D eigenvalue weighted by Gasteiger charge is 2.59. The summed E-state index contributed by atoms with van der Waals surface area (Å²) in [5.41, 5.74) is 1.76. The van der Waals surface area contributed by atoms with E-state index < -0.39 is 8.07 Å². The molecule has 2 bridgehead atoms. The molecule has 158 valence electrons. The summed E-state index contributed by atoms with van der Waals surface area (Å²) in [4.78, 5) is 7.61. The van der Waals surface area contributed by atoms with Crippen LogP contribution in [-0.2, 0) is 0 Å². The molecule has 0 saturated carbocycles. The van der Waals surface area contributed by atoms with Crippen molar-refractivity contribution < 1.29 is 0 Å². The van der Waals surface area contributed by atoms with Crippen molar-refractivity contribution in [1.29, 1.82) is 0 Å². The van der Waals surface area contributed by atoms with E-state index in [0.29, 0.717) is 17.6 Å². The number of rotatable bonds is 5. The Kier molecular flexibility index (Phi) is 5.01. The van der Waals surface area contributed by atoms with E-state index in [-0.39, 0.29) is 0 Å². The van der Waals surface area contributed by atoms with Crippen LogP contribution < -0.4 is 15.6 Å². The maximum Gasteiger partial charge on any atom is 0.165 e. The largest absolute Gasteiger partial charge is 0.293 e. The third-order valence-corrected chi connectivity index (χ3v) is 13.1. The quantitative estimate of drug-likeness (QED) is 0.351. The molecule has 2 aliphatic rings. The Morgan fingerprint density at radius 2 is 1.19 bits per heavy atom. The van der Waals surface area contributed by atoms with Crippen LogP contribution >= 0.6 is 0 Å². The molecular weight excluding hydrogens is 404 g/mol. The Morgan fingerprint density at radius 1 is 0.656 bits per heavy atom. The van der Waals surface area contributed by atoms with Crippen LogP contribution in [0.2, 0.25) is 0 Å². The molecule has 6 rings (SSSR count). The normalized spacial score (nSPS) is 24.5. The van der Waals surface area contributed by atoms with Gasteiger partial charge in [0.1, 0.15) is 0 Å². The van der Waals surface area contributed by atoms with Gasteiger partial charge in [-0.3, -0.25) is 9.88 Å². The lowest BCUT2D eigenvalue weighted by Gasteiger charge is -2.43. The van der Waals surface area contributed by atoms with Crippen LogP contribution in [0.5, 0.6) is 0 Å². The highest BCUT2D eigenvalue weighted by Crippen LogP contribution is 2.48. The smallest absolute Gasteiger partial charge is 0.165 e. The predicted molar refractivity (Wildman–Crippen MR) is 134 cm³/mol. The fourth-order valence-corrected chi connectivity index (χ4v) is 12.5. The van der Waals surface area contributed by atoms with Crippen molar-refractivity contribution in [3.63, 3.8) is 0 Å². The van der Waals surface area contributed by atoms with E-state index in [0.717, 1.165) is 6.54 Å². The second-order valence-electron chi connectivity index (χ2n) is 9.14. The van der Waals surface area contributed by atoms with Crippen LogP contribution in [-0.4, -0.2) is 30.2 Å². The van der Waals surface area contributed by atoms with Gasteiger partial charge in [-0.2, -0.15) is 0 Å². The minimum Gasteiger partial charge on any atom is -0.293 e. The van der Waals surface area contributed by atoms with Gasteiger partial charge >= 0.3 is 0 Å². The molecule has 0 spiro atoms. The fraction of sp³-hybridized carbons (Fsp3) is 0.207. The summed E-state index contributed by atoms with van der Waals surface area (Å²) >= 11 is 0. The molecule has 2 saturated heterocycles. The lowest BCUT2D eigenvalue weighted by atomic mass is 9.98. The molecule has 4 aromatic rings. The molecule has 2 aliphatic heterocycles. The minimum absolute atomic E-state index is 0.419. The zero-order valence-electron chi connectivity index (χ0n) is 18.2. The molecule has 2 nitrogen and oxygen atoms in total. The second-order valence-corrected chi connectivity index (χ2v) is 13.1. The zero-order chi connectivity index (χ0) is 21.4. The second kappa shape index (κ2) is 8.16. The Balaban J connectivity index is 1.60. The molecule has 3 heteroatoms. The molecule has 3 heterocycles. The van der Waals surface area contributed by atoms with Gasteiger partial charge < -0.3 is 0 Å². The van der Waals surface area contributed by atoms with Crippen LogP contribution in [0.15, 0.2) is 115 Å². The number of nitrogens with zero attached hydrogens (tertiary/aromatic N) is 2. The average molecular weight is 433 g/mol. The molecule has 4 atom stereocenters. The molecule has 0 aliphatic carbocycles. The highest BCUT2D eigenvalue weighted by atomic mass is 28.3. The number of hydrogen-bond acceptors (Lipinski definition) is 2. The van der Waals surface area contributed by atoms with Gasteiger partial charge in [0.25, 0.3) is 0 Å². The number of aromatic nitrogens is 1. The Labute approximate surface area is 191 Å². The number of hydrogen-bond donors (Lipinski definition) is 0. The van der Waals surface area contributed by atoms with E-state index in [1.807, 2.05) is 12.3 Å². The van der Waals surface area contributed by atoms with Gasteiger partial charge in [0.05, 0.1) is 11.7 Å². The molecule has 1 aromatic heterocycles. The van der Waals surface area contributed by atoms with Crippen molar-refractivity contribution >= 4 is 23.6 Å². The van der Waals surface area contributed by atoms with Gasteiger partial charge in [-0.1, -0.05) is 97.1 Å². The Bertz CT molecular complexity index is 1070. The molecular formula is C29H28N2Si. The predicted octanol–water partition coefficient (Wildman–Crippen LogP) is 3.93. The van der Waals surface area contributed by atoms with Crippen LogP contribution in [0.1, 0.15) is 24.6 Å². The Hall–Kier alpha value is -3.01. The number of piperidine rings is 1. The molecule has 3 aromatic carbocycles. The first-order chi connectivity index (χ1) is 15.9. The SMILES string of the molecule is c1ccc([Si](c2ccccc2)(c2ccccc2)C2C3CCN2C(c2ccccn2)C3)cc1. The van der Waals surface area contributed by atoms with Crippen molar-refractivity contribution in [2.24, 2.45) is 5.92 Å². The van der Waals surface area contributed by atoms with Crippen LogP contribution in [0.4, 0.5) is 0 Å². The van der Waals surface area contributed by atoms with Crippen molar-refractivity contribution in [3.8, 4) is 0 Å². The topological polar surface area (TPSA) is 16.1 Å². The van der Waals surface area contributed by atoms with Gasteiger partial charge in [-0.25, -0.2) is 0 Å². The lowest BCUT2D eigenvalue weighted by molar-refractivity contribution is 0.247. The van der Waals surface area contributed by atoms with Gasteiger partial charge in [0.15, 0.2) is 8.07 Å². The Morgan fingerprint density at radius 3 is 1.69 bits per heavy atom. The van der Waals surface area contributed by atoms with E-state index >= 15 is 0 Å². The first kappa shape index (κ1) is 19.7. The van der Waals surface area contributed by atoms with Crippen molar-refractivity contribution in [1.82, 2.24) is 9.88 Å².